The molecular formula is C17H22N2O4. The molecule has 0 spiro atoms. The highest BCUT2D eigenvalue weighted by Gasteiger charge is 2.47. The number of carbonyl (C=O) groups is 1. The van der Waals surface area contributed by atoms with Gasteiger partial charge in [0.25, 0.3) is 5.69 Å². The van der Waals surface area contributed by atoms with Crippen LogP contribution >= 0.6 is 0 Å². The Kier molecular flexibility index (Phi) is 3.88. The maximum Gasteiger partial charge on any atom is 0.269 e. The van der Waals surface area contributed by atoms with E-state index in [4.69, 9.17) is 0 Å². The van der Waals surface area contributed by atoms with E-state index in [2.05, 4.69) is 5.32 Å². The van der Waals surface area contributed by atoms with Crippen molar-refractivity contribution in [2.45, 2.75) is 50.0 Å². The summed E-state index contributed by atoms with van der Waals surface area (Å²) in [5.74, 6) is 0.193. The first kappa shape index (κ1) is 15.9. The van der Waals surface area contributed by atoms with Gasteiger partial charge in [-0.05, 0) is 44.1 Å². The van der Waals surface area contributed by atoms with Crippen molar-refractivity contribution in [3.05, 3.63) is 39.9 Å². The molecule has 0 heterocycles. The first-order valence-electron chi connectivity index (χ1n) is 8.11. The molecule has 1 atom stereocenters. The van der Waals surface area contributed by atoms with E-state index >= 15 is 0 Å². The molecule has 0 radical (unpaired) electrons. The largest absolute Gasteiger partial charge is 0.388 e. The summed E-state index contributed by atoms with van der Waals surface area (Å²) in [7, 11) is 0. The smallest absolute Gasteiger partial charge is 0.269 e. The van der Waals surface area contributed by atoms with Crippen LogP contribution in [-0.4, -0.2) is 28.1 Å². The van der Waals surface area contributed by atoms with Gasteiger partial charge in [-0.1, -0.05) is 18.6 Å². The summed E-state index contributed by atoms with van der Waals surface area (Å²) < 4.78 is 0. The van der Waals surface area contributed by atoms with Crippen LogP contribution in [0.3, 0.4) is 0 Å². The van der Waals surface area contributed by atoms with E-state index in [9.17, 15) is 20.0 Å². The highest BCUT2D eigenvalue weighted by atomic mass is 16.6. The molecule has 2 N–H and O–H groups in total. The zero-order chi connectivity index (χ0) is 16.7. The van der Waals surface area contributed by atoms with Gasteiger partial charge in [-0.2, -0.15) is 0 Å². The Morgan fingerprint density at radius 1 is 1.39 bits per heavy atom. The van der Waals surface area contributed by atoms with E-state index in [1.807, 2.05) is 0 Å². The summed E-state index contributed by atoms with van der Waals surface area (Å²) in [6.45, 7) is 2.02. The third-order valence-electron chi connectivity index (χ3n) is 5.34. The van der Waals surface area contributed by atoms with Crippen molar-refractivity contribution in [1.82, 2.24) is 5.32 Å². The normalized spacial score (nSPS) is 21.8. The molecule has 23 heavy (non-hydrogen) atoms. The highest BCUT2D eigenvalue weighted by Crippen LogP contribution is 2.45. The van der Waals surface area contributed by atoms with E-state index in [0.717, 1.165) is 37.7 Å². The molecule has 6 nitrogen and oxygen atoms in total. The number of amides is 1. The van der Waals surface area contributed by atoms with Crippen LogP contribution < -0.4 is 5.32 Å². The summed E-state index contributed by atoms with van der Waals surface area (Å²) in [6, 6.07) is 6.25. The van der Waals surface area contributed by atoms with Gasteiger partial charge in [0.05, 0.1) is 15.9 Å². The molecule has 124 valence electrons. The van der Waals surface area contributed by atoms with Crippen LogP contribution in [-0.2, 0) is 10.2 Å². The summed E-state index contributed by atoms with van der Waals surface area (Å²) in [6.07, 6.45) is 4.46. The fraction of sp³-hybridized carbons (Fsp3) is 0.588. The average Bonchev–Trinajstić information content (AvgIpc) is 3.30. The van der Waals surface area contributed by atoms with Crippen molar-refractivity contribution >= 4 is 11.6 Å². The molecular weight excluding hydrogens is 296 g/mol. The van der Waals surface area contributed by atoms with E-state index in [1.54, 1.807) is 19.1 Å². The lowest BCUT2D eigenvalue weighted by atomic mass is 9.63. The standard InChI is InChI=1S/C17H22N2O4/c1-16(21,12-3-4-12)11-18-15(20)17(9-2-10-17)13-5-7-14(8-6-13)19(22)23/h5-8,12,21H,2-4,9-11H2,1H3,(H,18,20). The lowest BCUT2D eigenvalue weighted by molar-refractivity contribution is -0.384. The van der Waals surface area contributed by atoms with Gasteiger partial charge >= 0.3 is 0 Å². The van der Waals surface area contributed by atoms with Gasteiger partial charge in [-0.25, -0.2) is 0 Å². The zero-order valence-electron chi connectivity index (χ0n) is 13.2. The molecule has 2 aliphatic carbocycles. The minimum absolute atomic E-state index is 0.0281. The average molecular weight is 318 g/mol. The number of non-ortho nitro benzene ring substituents is 1. The number of nitrogens with one attached hydrogen (secondary N) is 1. The SMILES string of the molecule is CC(O)(CNC(=O)C1(c2ccc([N+](=O)[O-])cc2)CCC1)C1CC1. The Morgan fingerprint density at radius 3 is 2.43 bits per heavy atom. The molecule has 3 rings (SSSR count). The van der Waals surface area contributed by atoms with Gasteiger partial charge in [0.1, 0.15) is 0 Å². The van der Waals surface area contributed by atoms with Crippen molar-refractivity contribution in [3.63, 3.8) is 0 Å². The number of carbonyl (C=O) groups excluding carboxylic acids is 1. The maximum atomic E-state index is 12.7. The van der Waals surface area contributed by atoms with Gasteiger partial charge in [0.2, 0.25) is 5.91 Å². The number of nitrogens with zero attached hydrogens (tertiary/aromatic N) is 1. The van der Waals surface area contributed by atoms with Gasteiger partial charge < -0.3 is 10.4 Å². The van der Waals surface area contributed by atoms with Crippen LogP contribution in [0.1, 0.15) is 44.6 Å². The van der Waals surface area contributed by atoms with Crippen LogP contribution in [0, 0.1) is 16.0 Å². The van der Waals surface area contributed by atoms with Crippen LogP contribution in [0.15, 0.2) is 24.3 Å². The second kappa shape index (κ2) is 5.60. The second-order valence-electron chi connectivity index (χ2n) is 7.05. The summed E-state index contributed by atoms with van der Waals surface area (Å²) in [5.41, 5.74) is -0.608. The maximum absolute atomic E-state index is 12.7. The molecule has 1 unspecified atom stereocenters. The molecule has 0 saturated heterocycles. The summed E-state index contributed by atoms with van der Waals surface area (Å²) in [4.78, 5) is 23.0. The Balaban J connectivity index is 1.72. The fourth-order valence-corrected chi connectivity index (χ4v) is 3.36. The number of aliphatic hydroxyl groups is 1. The molecule has 0 bridgehead atoms. The fourth-order valence-electron chi connectivity index (χ4n) is 3.36. The van der Waals surface area contributed by atoms with Gasteiger partial charge in [0.15, 0.2) is 0 Å². The third kappa shape index (κ3) is 2.95. The van der Waals surface area contributed by atoms with Crippen molar-refractivity contribution in [3.8, 4) is 0 Å². The van der Waals surface area contributed by atoms with Gasteiger partial charge in [0, 0.05) is 18.7 Å². The zero-order valence-corrected chi connectivity index (χ0v) is 13.2. The van der Waals surface area contributed by atoms with Crippen molar-refractivity contribution in [1.29, 1.82) is 0 Å². The lowest BCUT2D eigenvalue weighted by Gasteiger charge is -2.41. The number of rotatable bonds is 6. The second-order valence-corrected chi connectivity index (χ2v) is 7.05. The number of nitro groups is 1. The minimum Gasteiger partial charge on any atom is -0.388 e. The number of hydrogen-bond acceptors (Lipinski definition) is 4. The third-order valence-corrected chi connectivity index (χ3v) is 5.34. The molecule has 6 heteroatoms. The molecule has 1 amide bonds. The molecule has 1 aromatic carbocycles. The van der Waals surface area contributed by atoms with Crippen LogP contribution in [0.5, 0.6) is 0 Å². The van der Waals surface area contributed by atoms with Crippen LogP contribution in [0.4, 0.5) is 5.69 Å². The Labute approximate surface area is 135 Å². The first-order chi connectivity index (χ1) is 10.8. The molecule has 1 aromatic rings. The lowest BCUT2D eigenvalue weighted by Crippen LogP contribution is -2.53. The predicted octanol–water partition coefficient (Wildman–Crippen LogP) is 2.29. The Hall–Kier alpha value is -1.95. The first-order valence-corrected chi connectivity index (χ1v) is 8.11. The number of benzene rings is 1. The van der Waals surface area contributed by atoms with E-state index in [0.29, 0.717) is 0 Å². The van der Waals surface area contributed by atoms with Crippen molar-refractivity contribution < 1.29 is 14.8 Å². The van der Waals surface area contributed by atoms with E-state index in [-0.39, 0.29) is 24.1 Å². The Bertz CT molecular complexity index is 616. The monoisotopic (exact) mass is 318 g/mol. The summed E-state index contributed by atoms with van der Waals surface area (Å²) in [5, 5.41) is 24.0. The molecule has 0 aliphatic heterocycles. The molecule has 0 aromatic heterocycles. The van der Waals surface area contributed by atoms with E-state index < -0.39 is 15.9 Å². The summed E-state index contributed by atoms with van der Waals surface area (Å²) >= 11 is 0. The number of hydrogen-bond donors (Lipinski definition) is 2. The van der Waals surface area contributed by atoms with Gasteiger partial charge in [-0.15, -0.1) is 0 Å². The van der Waals surface area contributed by atoms with Crippen molar-refractivity contribution in [2.75, 3.05) is 6.54 Å². The molecule has 2 fully saturated rings. The predicted molar refractivity (Wildman–Crippen MR) is 85.0 cm³/mol. The quantitative estimate of drug-likeness (QED) is 0.622. The topological polar surface area (TPSA) is 92.5 Å². The minimum atomic E-state index is -0.851. The molecule has 2 saturated carbocycles. The van der Waals surface area contributed by atoms with Crippen LogP contribution in [0.2, 0.25) is 0 Å². The highest BCUT2D eigenvalue weighted by molar-refractivity contribution is 5.89. The van der Waals surface area contributed by atoms with Crippen molar-refractivity contribution in [2.24, 2.45) is 5.92 Å². The Morgan fingerprint density at radius 2 is 2.00 bits per heavy atom. The molecule has 2 aliphatic rings. The van der Waals surface area contributed by atoms with E-state index in [1.165, 1.54) is 12.1 Å². The van der Waals surface area contributed by atoms with Gasteiger partial charge in [-0.3, -0.25) is 14.9 Å². The number of nitro benzene ring substituents is 1. The van der Waals surface area contributed by atoms with Crippen LogP contribution in [0.25, 0.3) is 0 Å².